The van der Waals surface area contributed by atoms with Crippen molar-refractivity contribution in [3.63, 3.8) is 0 Å². The van der Waals surface area contributed by atoms with Crippen molar-refractivity contribution in [3.05, 3.63) is 64.1 Å². The van der Waals surface area contributed by atoms with Crippen LogP contribution in [0.4, 0.5) is 5.69 Å². The van der Waals surface area contributed by atoms with Gasteiger partial charge in [-0.3, -0.25) is 0 Å². The van der Waals surface area contributed by atoms with Crippen LogP contribution in [0.15, 0.2) is 53.0 Å². The van der Waals surface area contributed by atoms with Gasteiger partial charge < -0.3 is 5.32 Å². The number of halogens is 1. The highest BCUT2D eigenvalue weighted by Crippen LogP contribution is 2.24. The van der Waals surface area contributed by atoms with E-state index in [1.54, 1.807) is 0 Å². The summed E-state index contributed by atoms with van der Waals surface area (Å²) in [5.74, 6) is 0.501. The van der Waals surface area contributed by atoms with Gasteiger partial charge >= 0.3 is 0 Å². The number of nitrogens with one attached hydrogen (secondary N) is 1. The molecule has 0 fully saturated rings. The zero-order valence-corrected chi connectivity index (χ0v) is 13.0. The van der Waals surface area contributed by atoms with Gasteiger partial charge in [-0.2, -0.15) is 5.26 Å². The van der Waals surface area contributed by atoms with E-state index in [1.165, 1.54) is 5.56 Å². The number of hydrogen-bond acceptors (Lipinski definition) is 2. The molecule has 2 rings (SSSR count). The van der Waals surface area contributed by atoms with Gasteiger partial charge in [0.15, 0.2) is 0 Å². The number of rotatable bonds is 5. The van der Waals surface area contributed by atoms with Crippen molar-refractivity contribution in [1.82, 2.24) is 0 Å². The Morgan fingerprint density at radius 3 is 2.60 bits per heavy atom. The Labute approximate surface area is 128 Å². The molecule has 102 valence electrons. The molecule has 20 heavy (non-hydrogen) atoms. The van der Waals surface area contributed by atoms with Crippen LogP contribution in [-0.2, 0) is 0 Å². The fraction of sp³-hybridized carbons (Fsp3) is 0.235. The zero-order valence-electron chi connectivity index (χ0n) is 11.4. The number of anilines is 1. The molecule has 0 spiro atoms. The SMILES string of the molecule is CC(CCNc1cccc(Br)c1C#N)c1ccccc1. The molecule has 1 atom stereocenters. The number of benzene rings is 2. The smallest absolute Gasteiger partial charge is 0.103 e. The molecule has 0 aromatic heterocycles. The summed E-state index contributed by atoms with van der Waals surface area (Å²) in [5, 5.41) is 12.5. The second kappa shape index (κ2) is 7.12. The molecular formula is C17H17BrN2. The molecule has 0 heterocycles. The van der Waals surface area contributed by atoms with Crippen molar-refractivity contribution < 1.29 is 0 Å². The van der Waals surface area contributed by atoms with E-state index < -0.39 is 0 Å². The molecule has 1 unspecified atom stereocenters. The summed E-state index contributed by atoms with van der Waals surface area (Å²) in [7, 11) is 0. The lowest BCUT2D eigenvalue weighted by Crippen LogP contribution is -2.07. The predicted molar refractivity (Wildman–Crippen MR) is 86.8 cm³/mol. The molecule has 1 N–H and O–H groups in total. The first-order valence-electron chi connectivity index (χ1n) is 6.70. The molecule has 0 amide bonds. The van der Waals surface area contributed by atoms with Crippen molar-refractivity contribution in [2.24, 2.45) is 0 Å². The summed E-state index contributed by atoms with van der Waals surface area (Å²) in [4.78, 5) is 0. The van der Waals surface area contributed by atoms with Crippen molar-refractivity contribution in [1.29, 1.82) is 5.26 Å². The summed E-state index contributed by atoms with van der Waals surface area (Å²) in [6.45, 7) is 3.07. The third kappa shape index (κ3) is 3.61. The summed E-state index contributed by atoms with van der Waals surface area (Å²) in [6.07, 6.45) is 1.03. The van der Waals surface area contributed by atoms with E-state index in [1.807, 2.05) is 24.3 Å². The summed E-state index contributed by atoms with van der Waals surface area (Å²) < 4.78 is 0.834. The molecule has 0 aliphatic heterocycles. The van der Waals surface area contributed by atoms with Gasteiger partial charge in [-0.1, -0.05) is 43.3 Å². The number of nitrogens with zero attached hydrogens (tertiary/aromatic N) is 1. The quantitative estimate of drug-likeness (QED) is 0.844. The Kier molecular flexibility index (Phi) is 5.20. The molecule has 3 heteroatoms. The lowest BCUT2D eigenvalue weighted by Gasteiger charge is -2.14. The van der Waals surface area contributed by atoms with E-state index >= 15 is 0 Å². The van der Waals surface area contributed by atoms with E-state index in [0.29, 0.717) is 11.5 Å². The molecular weight excluding hydrogens is 312 g/mol. The van der Waals surface area contributed by atoms with E-state index in [2.05, 4.69) is 58.5 Å². The maximum Gasteiger partial charge on any atom is 0.103 e. The fourth-order valence-electron chi connectivity index (χ4n) is 2.16. The Morgan fingerprint density at radius 1 is 1.15 bits per heavy atom. The highest BCUT2D eigenvalue weighted by Gasteiger charge is 2.07. The molecule has 2 aromatic carbocycles. The van der Waals surface area contributed by atoms with Crippen LogP contribution in [-0.4, -0.2) is 6.54 Å². The molecule has 0 aliphatic carbocycles. The monoisotopic (exact) mass is 328 g/mol. The minimum atomic E-state index is 0.501. The van der Waals surface area contributed by atoms with Crippen LogP contribution in [0.1, 0.15) is 30.4 Å². The van der Waals surface area contributed by atoms with E-state index in [0.717, 1.165) is 23.1 Å². The van der Waals surface area contributed by atoms with Crippen LogP contribution in [0.25, 0.3) is 0 Å². The van der Waals surface area contributed by atoms with Crippen LogP contribution in [0.5, 0.6) is 0 Å². The average Bonchev–Trinajstić information content (AvgIpc) is 2.48. The van der Waals surface area contributed by atoms with E-state index in [-0.39, 0.29) is 0 Å². The molecule has 0 radical (unpaired) electrons. The normalized spacial score (nSPS) is 11.7. The van der Waals surface area contributed by atoms with Crippen molar-refractivity contribution in [2.45, 2.75) is 19.3 Å². The third-order valence-electron chi connectivity index (χ3n) is 3.39. The van der Waals surface area contributed by atoms with Gasteiger partial charge in [-0.05, 0) is 46.0 Å². The predicted octanol–water partition coefficient (Wildman–Crippen LogP) is 4.93. The van der Waals surface area contributed by atoms with E-state index in [9.17, 15) is 0 Å². The lowest BCUT2D eigenvalue weighted by molar-refractivity contribution is 0.706. The Balaban J connectivity index is 1.94. The van der Waals surface area contributed by atoms with Crippen LogP contribution in [0, 0.1) is 11.3 Å². The van der Waals surface area contributed by atoms with Gasteiger partial charge in [0, 0.05) is 11.0 Å². The molecule has 2 aromatic rings. The third-order valence-corrected chi connectivity index (χ3v) is 4.05. The molecule has 0 saturated carbocycles. The molecule has 0 saturated heterocycles. The van der Waals surface area contributed by atoms with Crippen molar-refractivity contribution in [2.75, 3.05) is 11.9 Å². The zero-order chi connectivity index (χ0) is 14.4. The lowest BCUT2D eigenvalue weighted by atomic mass is 9.98. The minimum Gasteiger partial charge on any atom is -0.384 e. The van der Waals surface area contributed by atoms with Gasteiger partial charge in [-0.15, -0.1) is 0 Å². The second-order valence-corrected chi connectivity index (χ2v) is 5.66. The van der Waals surface area contributed by atoms with Gasteiger partial charge in [0.2, 0.25) is 0 Å². The molecule has 2 nitrogen and oxygen atoms in total. The maximum atomic E-state index is 9.17. The summed E-state index contributed by atoms with van der Waals surface area (Å²) >= 11 is 3.40. The average molecular weight is 329 g/mol. The Morgan fingerprint density at radius 2 is 1.90 bits per heavy atom. The molecule has 0 aliphatic rings. The van der Waals surface area contributed by atoms with Gasteiger partial charge in [0.25, 0.3) is 0 Å². The Hall–Kier alpha value is -1.79. The van der Waals surface area contributed by atoms with Crippen LogP contribution < -0.4 is 5.32 Å². The highest BCUT2D eigenvalue weighted by molar-refractivity contribution is 9.10. The largest absolute Gasteiger partial charge is 0.384 e. The van der Waals surface area contributed by atoms with Gasteiger partial charge in [0.1, 0.15) is 6.07 Å². The minimum absolute atomic E-state index is 0.501. The highest BCUT2D eigenvalue weighted by atomic mass is 79.9. The first kappa shape index (κ1) is 14.6. The van der Waals surface area contributed by atoms with Crippen molar-refractivity contribution >= 4 is 21.6 Å². The summed E-state index contributed by atoms with van der Waals surface area (Å²) in [5.41, 5.74) is 2.91. The van der Waals surface area contributed by atoms with Crippen LogP contribution >= 0.6 is 15.9 Å². The summed E-state index contributed by atoms with van der Waals surface area (Å²) in [6, 6.07) is 18.5. The molecule has 0 bridgehead atoms. The van der Waals surface area contributed by atoms with Gasteiger partial charge in [0.05, 0.1) is 11.3 Å². The van der Waals surface area contributed by atoms with E-state index in [4.69, 9.17) is 5.26 Å². The standard InChI is InChI=1S/C17H17BrN2/c1-13(14-6-3-2-4-7-14)10-11-20-17-9-5-8-16(18)15(17)12-19/h2-9,13,20H,10-11H2,1H3. The van der Waals surface area contributed by atoms with Gasteiger partial charge in [-0.25, -0.2) is 0 Å². The maximum absolute atomic E-state index is 9.17. The first-order chi connectivity index (χ1) is 9.72. The second-order valence-electron chi connectivity index (χ2n) is 4.80. The van der Waals surface area contributed by atoms with Crippen molar-refractivity contribution in [3.8, 4) is 6.07 Å². The topological polar surface area (TPSA) is 35.8 Å². The van der Waals surface area contributed by atoms with Crippen LogP contribution in [0.3, 0.4) is 0 Å². The number of hydrogen-bond donors (Lipinski definition) is 1. The Bertz CT molecular complexity index is 602. The fourth-order valence-corrected chi connectivity index (χ4v) is 2.61. The van der Waals surface area contributed by atoms with Crippen LogP contribution in [0.2, 0.25) is 0 Å². The number of nitriles is 1. The first-order valence-corrected chi connectivity index (χ1v) is 7.49.